The van der Waals surface area contributed by atoms with Crippen LogP contribution in [0, 0.1) is 5.82 Å². The van der Waals surface area contributed by atoms with E-state index in [4.69, 9.17) is 9.47 Å². The Hall–Kier alpha value is -2.74. The van der Waals surface area contributed by atoms with Crippen molar-refractivity contribution in [2.45, 2.75) is 6.92 Å². The summed E-state index contributed by atoms with van der Waals surface area (Å²) in [4.78, 5) is 24.4. The molecule has 0 unspecified atom stereocenters. The van der Waals surface area contributed by atoms with E-state index in [0.29, 0.717) is 18.8 Å². The van der Waals surface area contributed by atoms with Crippen LogP contribution in [0.2, 0.25) is 0 Å². The van der Waals surface area contributed by atoms with E-state index in [1.54, 1.807) is 14.0 Å². The number of nitrogens with zero attached hydrogens (tertiary/aromatic N) is 2. The summed E-state index contributed by atoms with van der Waals surface area (Å²) < 4.78 is 24.0. The maximum absolute atomic E-state index is 13.0. The number of rotatable bonds is 7. The van der Waals surface area contributed by atoms with Gasteiger partial charge >= 0.3 is 5.97 Å². The zero-order valence-electron chi connectivity index (χ0n) is 13.4. The molecule has 24 heavy (non-hydrogen) atoms. The van der Waals surface area contributed by atoms with Crippen molar-refractivity contribution in [1.82, 2.24) is 9.78 Å². The second-order valence-corrected chi connectivity index (χ2v) is 4.77. The monoisotopic (exact) mass is 335 g/mol. The van der Waals surface area contributed by atoms with Gasteiger partial charge in [-0.3, -0.25) is 4.79 Å². The Bertz CT molecular complexity index is 759. The highest BCUT2D eigenvalue weighted by atomic mass is 19.1. The molecule has 0 radical (unpaired) electrons. The Morgan fingerprint density at radius 3 is 2.67 bits per heavy atom. The lowest BCUT2D eigenvalue weighted by Crippen LogP contribution is -2.26. The minimum atomic E-state index is -0.659. The second kappa shape index (κ2) is 8.21. The van der Waals surface area contributed by atoms with Crippen LogP contribution in [0.4, 0.5) is 10.1 Å². The Kier molecular flexibility index (Phi) is 6.02. The van der Waals surface area contributed by atoms with E-state index in [0.717, 1.165) is 4.68 Å². The molecule has 0 spiro atoms. The fourth-order valence-electron chi connectivity index (χ4n) is 2.00. The molecule has 0 atom stereocenters. The first-order valence-corrected chi connectivity index (χ1v) is 7.37. The topological polar surface area (TPSA) is 82.5 Å². The van der Waals surface area contributed by atoms with Crippen molar-refractivity contribution >= 4 is 11.7 Å². The normalized spacial score (nSPS) is 10.5. The van der Waals surface area contributed by atoms with E-state index in [1.165, 1.54) is 30.3 Å². The molecule has 0 amide bonds. The predicted octanol–water partition coefficient (Wildman–Crippen LogP) is 1.61. The summed E-state index contributed by atoms with van der Waals surface area (Å²) in [5, 5.41) is 6.99. The van der Waals surface area contributed by atoms with Crippen molar-refractivity contribution in [3.63, 3.8) is 0 Å². The highest BCUT2D eigenvalue weighted by Crippen LogP contribution is 2.14. The van der Waals surface area contributed by atoms with Gasteiger partial charge in [0.25, 0.3) is 5.56 Å². The average Bonchev–Trinajstić information content (AvgIpc) is 2.56. The number of carbonyl (C=O) groups excluding carboxylic acids is 1. The molecule has 1 N–H and O–H groups in total. The van der Waals surface area contributed by atoms with Crippen LogP contribution >= 0.6 is 0 Å². The van der Waals surface area contributed by atoms with Gasteiger partial charge in [-0.15, -0.1) is 0 Å². The smallest absolute Gasteiger partial charge is 0.360 e. The van der Waals surface area contributed by atoms with Gasteiger partial charge in [0.2, 0.25) is 0 Å². The molecule has 8 heteroatoms. The van der Waals surface area contributed by atoms with Crippen molar-refractivity contribution in [2.75, 3.05) is 32.2 Å². The summed E-state index contributed by atoms with van der Waals surface area (Å²) in [6.45, 7) is 2.63. The van der Waals surface area contributed by atoms with Crippen molar-refractivity contribution in [1.29, 1.82) is 0 Å². The van der Waals surface area contributed by atoms with Gasteiger partial charge in [-0.2, -0.15) is 9.78 Å². The second-order valence-electron chi connectivity index (χ2n) is 4.77. The number of ether oxygens (including phenoxy) is 2. The summed E-state index contributed by atoms with van der Waals surface area (Å²) in [7, 11) is 1.54. The number of carbonyl (C=O) groups is 1. The number of benzene rings is 1. The van der Waals surface area contributed by atoms with E-state index in [2.05, 4.69) is 10.4 Å². The average molecular weight is 335 g/mol. The van der Waals surface area contributed by atoms with Gasteiger partial charge in [0.1, 0.15) is 5.82 Å². The first-order chi connectivity index (χ1) is 11.6. The maximum atomic E-state index is 13.0. The van der Waals surface area contributed by atoms with Crippen LogP contribution in [0.5, 0.6) is 0 Å². The molecule has 1 heterocycles. The van der Waals surface area contributed by atoms with Gasteiger partial charge in [0.05, 0.1) is 24.6 Å². The molecule has 7 nitrogen and oxygen atoms in total. The largest absolute Gasteiger partial charge is 0.461 e. The molecule has 128 valence electrons. The van der Waals surface area contributed by atoms with Crippen molar-refractivity contribution in [3.05, 3.63) is 52.2 Å². The van der Waals surface area contributed by atoms with Crippen LogP contribution in [0.3, 0.4) is 0 Å². The standard InChI is InChI=1S/C16H18FN3O4/c1-3-24-16(22)15-13(18-8-9-23-2)10-14(21)20(19-15)12-6-4-11(17)5-7-12/h4-7,10,18H,3,8-9H2,1-2H3. The van der Waals surface area contributed by atoms with E-state index >= 15 is 0 Å². The van der Waals surface area contributed by atoms with Gasteiger partial charge in [-0.25, -0.2) is 9.18 Å². The third-order valence-corrected chi connectivity index (χ3v) is 3.09. The minimum absolute atomic E-state index is 0.0307. The van der Waals surface area contributed by atoms with E-state index < -0.39 is 17.3 Å². The van der Waals surface area contributed by atoms with E-state index in [9.17, 15) is 14.0 Å². The third kappa shape index (κ3) is 4.17. The number of anilines is 1. The van der Waals surface area contributed by atoms with Gasteiger partial charge in [0, 0.05) is 19.7 Å². The molecular weight excluding hydrogens is 317 g/mol. The summed E-state index contributed by atoms with van der Waals surface area (Å²) in [6, 6.07) is 6.46. The first kappa shape index (κ1) is 17.6. The summed E-state index contributed by atoms with van der Waals surface area (Å²) >= 11 is 0. The van der Waals surface area contributed by atoms with Gasteiger partial charge in [0.15, 0.2) is 5.69 Å². The summed E-state index contributed by atoms with van der Waals surface area (Å²) in [6.07, 6.45) is 0. The number of nitrogens with one attached hydrogen (secondary N) is 1. The number of aromatic nitrogens is 2. The number of halogens is 1. The fraction of sp³-hybridized carbons (Fsp3) is 0.312. The molecule has 2 aromatic rings. The summed E-state index contributed by atoms with van der Waals surface area (Å²) in [5.41, 5.74) is 0.107. The molecule has 0 aliphatic carbocycles. The fourth-order valence-corrected chi connectivity index (χ4v) is 2.00. The third-order valence-electron chi connectivity index (χ3n) is 3.09. The molecule has 0 aliphatic rings. The minimum Gasteiger partial charge on any atom is -0.461 e. The lowest BCUT2D eigenvalue weighted by molar-refractivity contribution is 0.0518. The predicted molar refractivity (Wildman–Crippen MR) is 86.1 cm³/mol. The van der Waals surface area contributed by atoms with Crippen LogP contribution in [-0.4, -0.2) is 42.6 Å². The number of hydrogen-bond donors (Lipinski definition) is 1. The van der Waals surface area contributed by atoms with Gasteiger partial charge in [-0.1, -0.05) is 0 Å². The highest BCUT2D eigenvalue weighted by Gasteiger charge is 2.18. The molecular formula is C16H18FN3O4. The van der Waals surface area contributed by atoms with Gasteiger partial charge in [-0.05, 0) is 31.2 Å². The van der Waals surface area contributed by atoms with Crippen LogP contribution in [-0.2, 0) is 9.47 Å². The molecule has 2 rings (SSSR count). The lowest BCUT2D eigenvalue weighted by Gasteiger charge is -2.12. The van der Waals surface area contributed by atoms with Crippen molar-refractivity contribution < 1.29 is 18.7 Å². The molecule has 1 aromatic carbocycles. The first-order valence-electron chi connectivity index (χ1n) is 7.37. The SMILES string of the molecule is CCOC(=O)c1nn(-c2ccc(F)cc2)c(=O)cc1NCCOC. The number of methoxy groups -OCH3 is 1. The molecule has 1 aromatic heterocycles. The number of hydrogen-bond acceptors (Lipinski definition) is 6. The van der Waals surface area contributed by atoms with Crippen molar-refractivity contribution in [2.24, 2.45) is 0 Å². The zero-order chi connectivity index (χ0) is 17.5. The highest BCUT2D eigenvalue weighted by molar-refractivity contribution is 5.93. The Morgan fingerprint density at radius 2 is 2.04 bits per heavy atom. The Labute approximate surface area is 138 Å². The maximum Gasteiger partial charge on any atom is 0.360 e. The molecule has 0 saturated heterocycles. The lowest BCUT2D eigenvalue weighted by atomic mass is 10.3. The van der Waals surface area contributed by atoms with E-state index in [-0.39, 0.29) is 18.0 Å². The van der Waals surface area contributed by atoms with Crippen molar-refractivity contribution in [3.8, 4) is 5.69 Å². The zero-order valence-corrected chi connectivity index (χ0v) is 13.4. The molecule has 0 aliphatic heterocycles. The van der Waals surface area contributed by atoms with E-state index in [1.807, 2.05) is 0 Å². The molecule has 0 saturated carbocycles. The molecule has 0 bridgehead atoms. The van der Waals surface area contributed by atoms with Gasteiger partial charge < -0.3 is 14.8 Å². The summed E-state index contributed by atoms with van der Waals surface area (Å²) in [5.74, 6) is -1.09. The van der Waals surface area contributed by atoms with Crippen LogP contribution in [0.25, 0.3) is 5.69 Å². The Balaban J connectivity index is 2.46. The van der Waals surface area contributed by atoms with Crippen LogP contribution in [0.15, 0.2) is 35.1 Å². The number of esters is 1. The quantitative estimate of drug-likeness (QED) is 0.611. The molecule has 0 fully saturated rings. The Morgan fingerprint density at radius 1 is 1.33 bits per heavy atom. The van der Waals surface area contributed by atoms with Crippen LogP contribution in [0.1, 0.15) is 17.4 Å². The van der Waals surface area contributed by atoms with Crippen LogP contribution < -0.4 is 10.9 Å².